The molecule has 0 unspecified atom stereocenters. The van der Waals surface area contributed by atoms with Gasteiger partial charge in [0.05, 0.1) is 0 Å². The molecule has 0 aliphatic heterocycles. The van der Waals surface area contributed by atoms with E-state index in [1.165, 1.54) is 7.11 Å². The molecule has 2 rings (SSSR count). The second-order valence-electron chi connectivity index (χ2n) is 4.40. The van der Waals surface area contributed by atoms with E-state index in [1.807, 2.05) is 0 Å². The van der Waals surface area contributed by atoms with E-state index >= 15 is 0 Å². The van der Waals surface area contributed by atoms with E-state index in [9.17, 15) is 14.8 Å². The Kier molecular flexibility index (Phi) is 4.73. The van der Waals surface area contributed by atoms with Crippen LogP contribution >= 0.6 is 7.37 Å². The Labute approximate surface area is 118 Å². The summed E-state index contributed by atoms with van der Waals surface area (Å²) >= 11 is 0. The van der Waals surface area contributed by atoms with E-state index in [-0.39, 0.29) is 0 Å². The fourth-order valence-corrected chi connectivity index (χ4v) is 3.84. The normalized spacial score (nSPS) is 14.8. The molecule has 2 aromatic carbocycles. The van der Waals surface area contributed by atoms with E-state index in [0.29, 0.717) is 11.1 Å². The topological polar surface area (TPSA) is 66.8 Å². The van der Waals surface area contributed by atoms with Crippen LogP contribution < -0.4 is 0 Å². The molecule has 0 amide bonds. The minimum Gasteiger partial charge on any atom is -0.378 e. The van der Waals surface area contributed by atoms with Crippen LogP contribution in [0.25, 0.3) is 0 Å². The Balaban J connectivity index is 2.36. The highest BCUT2D eigenvalue weighted by atomic mass is 31.2. The van der Waals surface area contributed by atoms with Crippen LogP contribution in [-0.2, 0) is 9.09 Å². The largest absolute Gasteiger partial charge is 0.378 e. The second kappa shape index (κ2) is 6.33. The predicted molar refractivity (Wildman–Crippen MR) is 77.4 cm³/mol. The molecule has 106 valence electrons. The zero-order valence-corrected chi connectivity index (χ0v) is 12.0. The maximum atomic E-state index is 12.9. The average molecular weight is 292 g/mol. The molecule has 0 radical (unpaired) electrons. The summed E-state index contributed by atoms with van der Waals surface area (Å²) in [7, 11) is -2.48. The fraction of sp³-hybridized carbons (Fsp3) is 0.200. The number of aliphatic hydroxyl groups excluding tert-OH is 2. The smallest absolute Gasteiger partial charge is 0.266 e. The minimum absolute atomic E-state index is 0.452. The summed E-state index contributed by atoms with van der Waals surface area (Å²) in [4.78, 5) is 0. The predicted octanol–water partition coefficient (Wildman–Crippen LogP) is 3.29. The van der Waals surface area contributed by atoms with Crippen molar-refractivity contribution in [2.45, 2.75) is 11.7 Å². The Bertz CT molecular complexity index is 536. The molecule has 4 nitrogen and oxygen atoms in total. The van der Waals surface area contributed by atoms with Crippen molar-refractivity contribution in [3.63, 3.8) is 0 Å². The van der Waals surface area contributed by atoms with Crippen LogP contribution in [0.15, 0.2) is 60.7 Å². The lowest BCUT2D eigenvalue weighted by Gasteiger charge is -2.27. The van der Waals surface area contributed by atoms with Crippen molar-refractivity contribution < 1.29 is 19.3 Å². The van der Waals surface area contributed by atoms with Gasteiger partial charge in [0.25, 0.3) is 7.37 Å². The van der Waals surface area contributed by atoms with E-state index in [4.69, 9.17) is 4.52 Å². The van der Waals surface area contributed by atoms with Gasteiger partial charge >= 0.3 is 0 Å². The van der Waals surface area contributed by atoms with E-state index < -0.39 is 19.1 Å². The standard InChI is InChI=1S/C15H17O4P/c1-19-20(18,14(16)12-8-4-2-5-9-12)15(17)13-10-6-3-7-11-13/h2-11,14-17H,1H3/t14-,15-/m1/s1. The van der Waals surface area contributed by atoms with E-state index in [1.54, 1.807) is 60.7 Å². The summed E-state index contributed by atoms with van der Waals surface area (Å²) < 4.78 is 17.9. The van der Waals surface area contributed by atoms with Crippen LogP contribution in [0.2, 0.25) is 0 Å². The quantitative estimate of drug-likeness (QED) is 0.830. The lowest BCUT2D eigenvalue weighted by atomic mass is 10.2. The molecule has 2 N–H and O–H groups in total. The highest BCUT2D eigenvalue weighted by Crippen LogP contribution is 2.66. The second-order valence-corrected chi connectivity index (χ2v) is 7.03. The van der Waals surface area contributed by atoms with Gasteiger partial charge in [0.1, 0.15) is 0 Å². The van der Waals surface area contributed by atoms with Crippen LogP contribution in [0.4, 0.5) is 0 Å². The van der Waals surface area contributed by atoms with Gasteiger partial charge in [-0.15, -0.1) is 0 Å². The van der Waals surface area contributed by atoms with Crippen LogP contribution in [0, 0.1) is 0 Å². The molecular weight excluding hydrogens is 275 g/mol. The van der Waals surface area contributed by atoms with Crippen LogP contribution in [0.5, 0.6) is 0 Å². The van der Waals surface area contributed by atoms with Crippen molar-refractivity contribution in [3.05, 3.63) is 71.8 Å². The first-order valence-corrected chi connectivity index (χ1v) is 7.97. The highest BCUT2D eigenvalue weighted by molar-refractivity contribution is 7.59. The number of rotatable bonds is 5. The van der Waals surface area contributed by atoms with Crippen LogP contribution in [0.1, 0.15) is 22.8 Å². The van der Waals surface area contributed by atoms with E-state index in [0.717, 1.165) is 0 Å². The first kappa shape index (κ1) is 14.9. The lowest BCUT2D eigenvalue weighted by Crippen LogP contribution is -2.09. The molecule has 20 heavy (non-hydrogen) atoms. The van der Waals surface area contributed by atoms with Gasteiger partial charge < -0.3 is 14.7 Å². The fourth-order valence-electron chi connectivity index (χ4n) is 2.00. The molecule has 0 heterocycles. The minimum atomic E-state index is -3.72. The molecule has 0 fully saturated rings. The summed E-state index contributed by atoms with van der Waals surface area (Å²) in [5.41, 5.74) is 0.903. The Morgan fingerprint density at radius 2 is 1.20 bits per heavy atom. The molecular formula is C15H17O4P. The van der Waals surface area contributed by atoms with Crippen molar-refractivity contribution in [2.75, 3.05) is 7.11 Å². The Morgan fingerprint density at radius 1 is 0.850 bits per heavy atom. The monoisotopic (exact) mass is 292 g/mol. The van der Waals surface area contributed by atoms with Crippen LogP contribution in [-0.4, -0.2) is 17.3 Å². The zero-order chi connectivity index (χ0) is 14.6. The van der Waals surface area contributed by atoms with Crippen LogP contribution in [0.3, 0.4) is 0 Å². The van der Waals surface area contributed by atoms with Gasteiger partial charge in [-0.1, -0.05) is 60.7 Å². The Morgan fingerprint density at radius 3 is 1.50 bits per heavy atom. The van der Waals surface area contributed by atoms with Gasteiger partial charge in [0, 0.05) is 7.11 Å². The van der Waals surface area contributed by atoms with Gasteiger partial charge in [-0.25, -0.2) is 0 Å². The third-order valence-corrected chi connectivity index (χ3v) is 5.69. The van der Waals surface area contributed by atoms with Crippen molar-refractivity contribution in [3.8, 4) is 0 Å². The third-order valence-electron chi connectivity index (χ3n) is 3.16. The first-order chi connectivity index (χ1) is 9.59. The third kappa shape index (κ3) is 2.84. The number of hydrogen-bond donors (Lipinski definition) is 2. The van der Waals surface area contributed by atoms with Gasteiger partial charge in [0.2, 0.25) is 0 Å². The summed E-state index contributed by atoms with van der Waals surface area (Å²) in [6.45, 7) is 0. The van der Waals surface area contributed by atoms with Crippen molar-refractivity contribution in [2.24, 2.45) is 0 Å². The summed E-state index contributed by atoms with van der Waals surface area (Å²) in [5, 5.41) is 20.6. The molecule has 0 saturated carbocycles. The molecule has 0 saturated heterocycles. The van der Waals surface area contributed by atoms with Gasteiger partial charge in [-0.2, -0.15) is 0 Å². The first-order valence-electron chi connectivity index (χ1n) is 6.20. The van der Waals surface area contributed by atoms with Gasteiger partial charge in [0.15, 0.2) is 11.7 Å². The van der Waals surface area contributed by atoms with Gasteiger partial charge in [-0.3, -0.25) is 4.57 Å². The summed E-state index contributed by atoms with van der Waals surface area (Å²) in [6.07, 6.45) is 0. The zero-order valence-electron chi connectivity index (χ0n) is 11.1. The van der Waals surface area contributed by atoms with E-state index in [2.05, 4.69) is 0 Å². The van der Waals surface area contributed by atoms with Crippen molar-refractivity contribution in [1.29, 1.82) is 0 Å². The molecule has 5 heteroatoms. The molecule has 0 aromatic heterocycles. The molecule has 0 spiro atoms. The SMILES string of the molecule is COP(=O)([C@@H](O)c1ccccc1)[C@@H](O)c1ccccc1. The highest BCUT2D eigenvalue weighted by Gasteiger charge is 2.41. The van der Waals surface area contributed by atoms with Gasteiger partial charge in [-0.05, 0) is 11.1 Å². The Hall–Kier alpha value is -1.45. The molecule has 0 bridgehead atoms. The number of hydrogen-bond acceptors (Lipinski definition) is 4. The maximum absolute atomic E-state index is 12.9. The molecule has 2 atom stereocenters. The molecule has 2 aromatic rings. The average Bonchev–Trinajstić information content (AvgIpc) is 2.54. The van der Waals surface area contributed by atoms with Crippen molar-refractivity contribution in [1.82, 2.24) is 0 Å². The molecule has 0 aliphatic rings. The summed E-state index contributed by atoms with van der Waals surface area (Å²) in [5.74, 6) is -2.74. The summed E-state index contributed by atoms with van der Waals surface area (Å²) in [6, 6.07) is 17.1. The lowest BCUT2D eigenvalue weighted by molar-refractivity contribution is 0.175. The maximum Gasteiger partial charge on any atom is 0.266 e. The number of aliphatic hydroxyl groups is 2. The van der Waals surface area contributed by atoms with Crippen molar-refractivity contribution >= 4 is 7.37 Å². The number of benzene rings is 2. The molecule has 0 aliphatic carbocycles.